The van der Waals surface area contributed by atoms with Crippen molar-refractivity contribution in [3.05, 3.63) is 28.8 Å². The van der Waals surface area contributed by atoms with E-state index in [9.17, 15) is 18.3 Å². The maximum atomic E-state index is 11.9. The zero-order valence-electron chi connectivity index (χ0n) is 10.1. The van der Waals surface area contributed by atoms with Crippen molar-refractivity contribution in [2.24, 2.45) is 0 Å². The number of halogens is 1. The molecule has 1 N–H and O–H groups in total. The standard InChI is InChI=1S/C11H14ClNO4S/c1-13(5-6-18(2,16)17)11(15)9-4-3-8(12)7-10(9)14/h3-4,7,14H,5-6H2,1-2H3. The van der Waals surface area contributed by atoms with E-state index in [2.05, 4.69) is 0 Å². The first-order chi connectivity index (χ1) is 8.20. The Balaban J connectivity index is 2.80. The number of hydrogen-bond donors (Lipinski definition) is 1. The molecule has 0 aliphatic rings. The number of carbonyl (C=O) groups is 1. The molecule has 0 radical (unpaired) electrons. The number of nitrogens with zero attached hydrogens (tertiary/aromatic N) is 1. The highest BCUT2D eigenvalue weighted by atomic mass is 35.5. The molecule has 0 aromatic heterocycles. The lowest BCUT2D eigenvalue weighted by atomic mass is 10.2. The molecule has 100 valence electrons. The molecule has 1 rings (SSSR count). The van der Waals surface area contributed by atoms with Gasteiger partial charge in [0, 0.05) is 24.9 Å². The van der Waals surface area contributed by atoms with Crippen LogP contribution >= 0.6 is 11.6 Å². The molecule has 0 heterocycles. The molecule has 0 fully saturated rings. The van der Waals surface area contributed by atoms with Gasteiger partial charge in [0.2, 0.25) is 0 Å². The third kappa shape index (κ3) is 4.19. The van der Waals surface area contributed by atoms with E-state index >= 15 is 0 Å². The lowest BCUT2D eigenvalue weighted by molar-refractivity contribution is 0.0800. The largest absolute Gasteiger partial charge is 0.507 e. The topological polar surface area (TPSA) is 74.7 Å². The van der Waals surface area contributed by atoms with Crippen LogP contribution < -0.4 is 0 Å². The number of benzene rings is 1. The highest BCUT2D eigenvalue weighted by molar-refractivity contribution is 7.90. The number of hydrogen-bond acceptors (Lipinski definition) is 4. The Hall–Kier alpha value is -1.27. The minimum Gasteiger partial charge on any atom is -0.507 e. The summed E-state index contributed by atoms with van der Waals surface area (Å²) in [4.78, 5) is 13.2. The fourth-order valence-electron chi connectivity index (χ4n) is 1.30. The van der Waals surface area contributed by atoms with Gasteiger partial charge in [-0.15, -0.1) is 0 Å². The Morgan fingerprint density at radius 3 is 2.56 bits per heavy atom. The average Bonchev–Trinajstić information content (AvgIpc) is 2.24. The summed E-state index contributed by atoms with van der Waals surface area (Å²) in [6.07, 6.45) is 1.10. The van der Waals surface area contributed by atoms with Crippen molar-refractivity contribution in [3.63, 3.8) is 0 Å². The summed E-state index contributed by atoms with van der Waals surface area (Å²) >= 11 is 5.66. The van der Waals surface area contributed by atoms with E-state index in [-0.39, 0.29) is 23.6 Å². The van der Waals surface area contributed by atoms with Crippen LogP contribution in [0.2, 0.25) is 5.02 Å². The normalized spacial score (nSPS) is 11.3. The van der Waals surface area contributed by atoms with Gasteiger partial charge in [0.25, 0.3) is 5.91 Å². The summed E-state index contributed by atoms with van der Waals surface area (Å²) < 4.78 is 22.0. The molecule has 0 bridgehead atoms. The molecule has 0 spiro atoms. The van der Waals surface area contributed by atoms with Gasteiger partial charge < -0.3 is 10.0 Å². The van der Waals surface area contributed by atoms with Crippen LogP contribution in [0.15, 0.2) is 18.2 Å². The Morgan fingerprint density at radius 1 is 1.44 bits per heavy atom. The quantitative estimate of drug-likeness (QED) is 0.903. The van der Waals surface area contributed by atoms with E-state index in [0.717, 1.165) is 6.26 Å². The first kappa shape index (κ1) is 14.8. The number of sulfone groups is 1. The van der Waals surface area contributed by atoms with Crippen molar-refractivity contribution in [1.82, 2.24) is 4.90 Å². The minimum absolute atomic E-state index is 0.0692. The van der Waals surface area contributed by atoms with Crippen LogP contribution in [-0.4, -0.2) is 49.9 Å². The maximum Gasteiger partial charge on any atom is 0.257 e. The van der Waals surface area contributed by atoms with Crippen molar-refractivity contribution in [2.75, 3.05) is 25.6 Å². The average molecular weight is 292 g/mol. The highest BCUT2D eigenvalue weighted by Crippen LogP contribution is 2.22. The number of phenols is 1. The minimum atomic E-state index is -3.13. The van der Waals surface area contributed by atoms with Crippen LogP contribution in [0.25, 0.3) is 0 Å². The monoisotopic (exact) mass is 291 g/mol. The van der Waals surface area contributed by atoms with Crippen LogP contribution in [0.1, 0.15) is 10.4 Å². The molecule has 1 aromatic carbocycles. The summed E-state index contributed by atoms with van der Waals surface area (Å²) in [7, 11) is -1.66. The summed E-state index contributed by atoms with van der Waals surface area (Å²) in [5.41, 5.74) is 0.0930. The molecule has 0 aliphatic carbocycles. The van der Waals surface area contributed by atoms with Gasteiger partial charge in [0.15, 0.2) is 0 Å². The molecule has 0 aliphatic heterocycles. The van der Waals surface area contributed by atoms with Crippen molar-refractivity contribution < 1.29 is 18.3 Å². The first-order valence-electron chi connectivity index (χ1n) is 5.12. The smallest absolute Gasteiger partial charge is 0.257 e. The van der Waals surface area contributed by atoms with Gasteiger partial charge in [-0.05, 0) is 18.2 Å². The van der Waals surface area contributed by atoms with E-state index in [1.807, 2.05) is 0 Å². The van der Waals surface area contributed by atoms with Crippen molar-refractivity contribution in [3.8, 4) is 5.75 Å². The molecule has 1 aromatic rings. The fraction of sp³-hybridized carbons (Fsp3) is 0.364. The molecular weight excluding hydrogens is 278 g/mol. The second-order valence-electron chi connectivity index (χ2n) is 4.02. The molecule has 0 saturated carbocycles. The van der Waals surface area contributed by atoms with Crippen molar-refractivity contribution in [1.29, 1.82) is 0 Å². The van der Waals surface area contributed by atoms with Gasteiger partial charge in [0.1, 0.15) is 15.6 Å². The third-order valence-corrected chi connectivity index (χ3v) is 3.49. The van der Waals surface area contributed by atoms with E-state index < -0.39 is 15.7 Å². The number of rotatable bonds is 4. The van der Waals surface area contributed by atoms with Gasteiger partial charge in [-0.3, -0.25) is 4.79 Å². The summed E-state index contributed by atoms with van der Waals surface area (Å²) in [6.45, 7) is 0.0692. The van der Waals surface area contributed by atoms with E-state index in [1.54, 1.807) is 0 Å². The van der Waals surface area contributed by atoms with E-state index in [0.29, 0.717) is 5.02 Å². The molecule has 5 nitrogen and oxygen atoms in total. The second kappa shape index (κ2) is 5.58. The molecule has 7 heteroatoms. The Kier molecular flexibility index (Phi) is 4.59. The Labute approximate surface area is 111 Å². The first-order valence-corrected chi connectivity index (χ1v) is 7.56. The highest BCUT2D eigenvalue weighted by Gasteiger charge is 2.17. The number of amides is 1. The van der Waals surface area contributed by atoms with Crippen molar-refractivity contribution >= 4 is 27.3 Å². The van der Waals surface area contributed by atoms with Crippen LogP contribution in [0.3, 0.4) is 0 Å². The Morgan fingerprint density at radius 2 is 2.06 bits per heavy atom. The SMILES string of the molecule is CN(CCS(C)(=O)=O)C(=O)c1ccc(Cl)cc1O. The molecular formula is C11H14ClNO4S. The summed E-state index contributed by atoms with van der Waals surface area (Å²) in [5, 5.41) is 9.91. The van der Waals surface area contributed by atoms with Gasteiger partial charge >= 0.3 is 0 Å². The predicted octanol–water partition coefficient (Wildman–Crippen LogP) is 1.16. The number of phenolic OH excluding ortho intramolecular Hbond substituents is 1. The lowest BCUT2D eigenvalue weighted by Crippen LogP contribution is -2.31. The zero-order valence-corrected chi connectivity index (χ0v) is 11.6. The summed E-state index contributed by atoms with van der Waals surface area (Å²) in [5.74, 6) is -0.796. The number of aromatic hydroxyl groups is 1. The third-order valence-electron chi connectivity index (χ3n) is 2.33. The van der Waals surface area contributed by atoms with Crippen LogP contribution in [0.5, 0.6) is 5.75 Å². The fourth-order valence-corrected chi connectivity index (χ4v) is 2.07. The van der Waals surface area contributed by atoms with Gasteiger partial charge in [-0.1, -0.05) is 11.6 Å². The van der Waals surface area contributed by atoms with Crippen LogP contribution in [0, 0.1) is 0 Å². The summed E-state index contributed by atoms with van der Waals surface area (Å²) in [6, 6.07) is 4.15. The molecule has 0 atom stereocenters. The zero-order chi connectivity index (χ0) is 13.9. The second-order valence-corrected chi connectivity index (χ2v) is 6.71. The molecule has 1 amide bonds. The molecule has 18 heavy (non-hydrogen) atoms. The maximum absolute atomic E-state index is 11.9. The molecule has 0 saturated heterocycles. The van der Waals surface area contributed by atoms with Gasteiger partial charge in [0.05, 0.1) is 11.3 Å². The van der Waals surface area contributed by atoms with E-state index in [1.165, 1.54) is 30.1 Å². The predicted molar refractivity (Wildman–Crippen MR) is 69.8 cm³/mol. The van der Waals surface area contributed by atoms with Gasteiger partial charge in [-0.25, -0.2) is 8.42 Å². The van der Waals surface area contributed by atoms with Crippen molar-refractivity contribution in [2.45, 2.75) is 0 Å². The van der Waals surface area contributed by atoms with Crippen LogP contribution in [-0.2, 0) is 9.84 Å². The lowest BCUT2D eigenvalue weighted by Gasteiger charge is -2.17. The Bertz CT molecular complexity index is 556. The molecule has 0 unspecified atom stereocenters. The van der Waals surface area contributed by atoms with E-state index in [4.69, 9.17) is 11.6 Å². The number of carbonyl (C=O) groups excluding carboxylic acids is 1. The van der Waals surface area contributed by atoms with Crippen LogP contribution in [0.4, 0.5) is 0 Å². The van der Waals surface area contributed by atoms with Gasteiger partial charge in [-0.2, -0.15) is 0 Å².